The van der Waals surface area contributed by atoms with Gasteiger partial charge in [-0.15, -0.1) is 0 Å². The molecule has 0 radical (unpaired) electrons. The second kappa shape index (κ2) is 8.09. The summed E-state index contributed by atoms with van der Waals surface area (Å²) in [6.45, 7) is 8.05. The topological polar surface area (TPSA) is 50.8 Å². The van der Waals surface area contributed by atoms with Gasteiger partial charge in [0.25, 0.3) is 0 Å². The van der Waals surface area contributed by atoms with Crippen LogP contribution < -0.4 is 5.32 Å². The first-order valence-corrected chi connectivity index (χ1v) is 10.5. The van der Waals surface area contributed by atoms with Gasteiger partial charge in [0.1, 0.15) is 12.4 Å². The van der Waals surface area contributed by atoms with Crippen LogP contribution in [0.3, 0.4) is 0 Å². The molecule has 3 saturated heterocycles. The van der Waals surface area contributed by atoms with Gasteiger partial charge in [-0.05, 0) is 49.4 Å². The van der Waals surface area contributed by atoms with E-state index < -0.39 is 0 Å². The van der Waals surface area contributed by atoms with Gasteiger partial charge in [0, 0.05) is 44.6 Å². The van der Waals surface area contributed by atoms with E-state index in [1.165, 1.54) is 6.07 Å². The van der Waals surface area contributed by atoms with Gasteiger partial charge in [0.15, 0.2) is 0 Å². The molecule has 5 nitrogen and oxygen atoms in total. The van der Waals surface area contributed by atoms with Crippen LogP contribution in [0.1, 0.15) is 37.3 Å². The van der Waals surface area contributed by atoms with Crippen LogP contribution in [-0.2, 0) is 20.8 Å². The largest absolute Gasteiger partial charge is 0.372 e. The normalized spacial score (nSPS) is 31.3. The van der Waals surface area contributed by atoms with Gasteiger partial charge in [0.2, 0.25) is 5.91 Å². The van der Waals surface area contributed by atoms with Crippen molar-refractivity contribution in [3.63, 3.8) is 0 Å². The molecule has 4 rings (SSSR count). The Morgan fingerprint density at radius 2 is 2.32 bits per heavy atom. The van der Waals surface area contributed by atoms with Gasteiger partial charge in [0.05, 0.1) is 11.7 Å². The molecule has 3 fully saturated rings. The van der Waals surface area contributed by atoms with Crippen molar-refractivity contribution >= 4 is 5.91 Å². The van der Waals surface area contributed by atoms with Crippen molar-refractivity contribution in [3.05, 3.63) is 35.1 Å². The fourth-order valence-electron chi connectivity index (χ4n) is 5.32. The smallest absolute Gasteiger partial charge is 0.246 e. The third-order valence-corrected chi connectivity index (χ3v) is 6.68. The van der Waals surface area contributed by atoms with Crippen molar-refractivity contribution in [2.75, 3.05) is 32.8 Å². The third kappa shape index (κ3) is 3.82. The minimum absolute atomic E-state index is 0.0458. The van der Waals surface area contributed by atoms with E-state index >= 15 is 0 Å². The molecule has 1 amide bonds. The predicted octanol–water partition coefficient (Wildman–Crippen LogP) is 2.66. The number of nitrogens with zero attached hydrogens (tertiary/aromatic N) is 1. The maximum atomic E-state index is 13.7. The van der Waals surface area contributed by atoms with Crippen molar-refractivity contribution < 1.29 is 18.7 Å². The Kier molecular flexibility index (Phi) is 5.72. The van der Waals surface area contributed by atoms with Gasteiger partial charge in [-0.1, -0.05) is 13.0 Å². The van der Waals surface area contributed by atoms with Crippen LogP contribution in [0.4, 0.5) is 4.39 Å². The molecule has 28 heavy (non-hydrogen) atoms. The number of amides is 1. The monoisotopic (exact) mass is 390 g/mol. The second-order valence-electron chi connectivity index (χ2n) is 8.63. The Balaban J connectivity index is 1.36. The summed E-state index contributed by atoms with van der Waals surface area (Å²) in [7, 11) is 0. The highest BCUT2D eigenvalue weighted by atomic mass is 19.1. The first-order chi connectivity index (χ1) is 13.5. The standard InChI is InChI=1S/C22H31FN2O3/c1-3-8-27-13-21(26)24-10-18-19-12-25(14-22(19)7-6-20(18)28-22)11-16-9-17(23)5-4-15(16)2/h4-5,9,18-20H,3,6-8,10-14H2,1-2H3,(H,24,26)/t18-,19+,20+,22+/m0/s1. The van der Waals surface area contributed by atoms with E-state index in [0.29, 0.717) is 25.0 Å². The fourth-order valence-corrected chi connectivity index (χ4v) is 5.32. The minimum Gasteiger partial charge on any atom is -0.372 e. The highest BCUT2D eigenvalue weighted by molar-refractivity contribution is 5.77. The number of hydrogen-bond acceptors (Lipinski definition) is 4. The zero-order valence-electron chi connectivity index (χ0n) is 16.9. The number of fused-ring (bicyclic) bond motifs is 1. The van der Waals surface area contributed by atoms with E-state index in [1.807, 2.05) is 19.9 Å². The number of rotatable bonds is 8. The number of benzene rings is 1. The summed E-state index contributed by atoms with van der Waals surface area (Å²) in [6, 6.07) is 5.01. The van der Waals surface area contributed by atoms with Crippen LogP contribution >= 0.6 is 0 Å². The van der Waals surface area contributed by atoms with Gasteiger partial charge in [-0.3, -0.25) is 9.69 Å². The minimum atomic E-state index is -0.179. The molecule has 0 saturated carbocycles. The van der Waals surface area contributed by atoms with E-state index in [2.05, 4.69) is 10.2 Å². The Morgan fingerprint density at radius 3 is 3.14 bits per heavy atom. The summed E-state index contributed by atoms with van der Waals surface area (Å²) in [4.78, 5) is 14.4. The lowest BCUT2D eigenvalue weighted by Crippen LogP contribution is -2.42. The van der Waals surface area contributed by atoms with Crippen LogP contribution in [0.2, 0.25) is 0 Å². The van der Waals surface area contributed by atoms with Crippen molar-refractivity contribution in [2.24, 2.45) is 11.8 Å². The number of aryl methyl sites for hydroxylation is 1. The molecular weight excluding hydrogens is 359 g/mol. The average molecular weight is 390 g/mol. The summed E-state index contributed by atoms with van der Waals surface area (Å²) < 4.78 is 25.4. The average Bonchev–Trinajstić information content (AvgIpc) is 3.31. The zero-order valence-corrected chi connectivity index (χ0v) is 16.9. The number of ether oxygens (including phenoxy) is 2. The molecule has 0 aromatic heterocycles. The van der Waals surface area contributed by atoms with E-state index in [9.17, 15) is 9.18 Å². The molecule has 1 aromatic rings. The fraction of sp³-hybridized carbons (Fsp3) is 0.682. The van der Waals surface area contributed by atoms with Crippen molar-refractivity contribution in [1.82, 2.24) is 10.2 Å². The third-order valence-electron chi connectivity index (χ3n) is 6.68. The Hall–Kier alpha value is -1.50. The van der Waals surface area contributed by atoms with Crippen molar-refractivity contribution in [3.8, 4) is 0 Å². The number of likely N-dealkylation sites (tertiary alicyclic amines) is 1. The molecule has 1 N–H and O–H groups in total. The number of halogens is 1. The van der Waals surface area contributed by atoms with E-state index in [-0.39, 0.29) is 30.0 Å². The van der Waals surface area contributed by atoms with Gasteiger partial charge in [-0.2, -0.15) is 0 Å². The summed E-state index contributed by atoms with van der Waals surface area (Å²) in [5, 5.41) is 3.05. The summed E-state index contributed by atoms with van der Waals surface area (Å²) in [6.07, 6.45) is 3.32. The molecule has 3 aliphatic heterocycles. The molecular formula is C22H31FN2O3. The maximum absolute atomic E-state index is 13.7. The molecule has 6 heteroatoms. The Labute approximate surface area is 166 Å². The van der Waals surface area contributed by atoms with Gasteiger partial charge < -0.3 is 14.8 Å². The SMILES string of the molecule is CCCOCC(=O)NC[C@H]1[C@H]2CN(Cc3cc(F)ccc3C)C[C@]23CC[C@H]1O3. The van der Waals surface area contributed by atoms with E-state index in [4.69, 9.17) is 9.47 Å². The molecule has 4 atom stereocenters. The number of carbonyl (C=O) groups is 1. The molecule has 1 spiro atoms. The lowest BCUT2D eigenvalue weighted by atomic mass is 9.73. The predicted molar refractivity (Wildman–Crippen MR) is 104 cm³/mol. The first-order valence-electron chi connectivity index (χ1n) is 10.5. The van der Waals surface area contributed by atoms with Crippen molar-refractivity contribution in [1.29, 1.82) is 0 Å². The highest BCUT2D eigenvalue weighted by Gasteiger charge is 2.62. The van der Waals surface area contributed by atoms with Gasteiger partial charge >= 0.3 is 0 Å². The van der Waals surface area contributed by atoms with E-state index in [0.717, 1.165) is 50.0 Å². The molecule has 3 aliphatic rings. The van der Waals surface area contributed by atoms with E-state index in [1.54, 1.807) is 6.07 Å². The second-order valence-corrected chi connectivity index (χ2v) is 8.63. The number of carbonyl (C=O) groups excluding carboxylic acids is 1. The van der Waals surface area contributed by atoms with Crippen LogP contribution in [-0.4, -0.2) is 55.4 Å². The summed E-state index contributed by atoms with van der Waals surface area (Å²) >= 11 is 0. The molecule has 0 aliphatic carbocycles. The molecule has 154 valence electrons. The van der Waals surface area contributed by atoms with Crippen LogP contribution in [0.15, 0.2) is 18.2 Å². The maximum Gasteiger partial charge on any atom is 0.246 e. The molecule has 0 unspecified atom stereocenters. The van der Waals surface area contributed by atoms with Crippen LogP contribution in [0.5, 0.6) is 0 Å². The Morgan fingerprint density at radius 1 is 1.46 bits per heavy atom. The first kappa shape index (κ1) is 19.8. The highest BCUT2D eigenvalue weighted by Crippen LogP contribution is 2.54. The summed E-state index contributed by atoms with van der Waals surface area (Å²) in [5.74, 6) is 0.552. The summed E-state index contributed by atoms with van der Waals surface area (Å²) in [5.41, 5.74) is 2.08. The van der Waals surface area contributed by atoms with Crippen molar-refractivity contribution in [2.45, 2.75) is 51.4 Å². The Bertz CT molecular complexity index is 728. The quantitative estimate of drug-likeness (QED) is 0.694. The molecule has 3 heterocycles. The number of nitrogens with one attached hydrogen (secondary N) is 1. The molecule has 1 aromatic carbocycles. The number of hydrogen-bond donors (Lipinski definition) is 1. The molecule has 2 bridgehead atoms. The lowest BCUT2D eigenvalue weighted by molar-refractivity contribution is -0.126. The lowest BCUT2D eigenvalue weighted by Gasteiger charge is -2.29. The van der Waals surface area contributed by atoms with Crippen LogP contribution in [0.25, 0.3) is 0 Å². The zero-order chi connectivity index (χ0) is 19.7. The van der Waals surface area contributed by atoms with Gasteiger partial charge in [-0.25, -0.2) is 4.39 Å². The van der Waals surface area contributed by atoms with Crippen LogP contribution in [0, 0.1) is 24.6 Å².